The summed E-state index contributed by atoms with van der Waals surface area (Å²) < 4.78 is 5.07. The quantitative estimate of drug-likeness (QED) is 0.511. The van der Waals surface area contributed by atoms with Gasteiger partial charge in [-0.3, -0.25) is 14.9 Å². The van der Waals surface area contributed by atoms with E-state index in [4.69, 9.17) is 16.3 Å². The molecule has 2 rings (SSSR count). The molecule has 0 saturated carbocycles. The van der Waals surface area contributed by atoms with Crippen LogP contribution >= 0.6 is 11.6 Å². The molecule has 0 fully saturated rings. The molecule has 0 aliphatic heterocycles. The van der Waals surface area contributed by atoms with Gasteiger partial charge in [0.25, 0.3) is 11.6 Å². The number of benzene rings is 2. The van der Waals surface area contributed by atoms with Gasteiger partial charge in [0, 0.05) is 11.1 Å². The Morgan fingerprint density at radius 2 is 2.05 bits per heavy atom. The number of carbonyl (C=O) groups excluding carboxylic acids is 1. The van der Waals surface area contributed by atoms with E-state index in [1.165, 1.54) is 31.4 Å². The summed E-state index contributed by atoms with van der Waals surface area (Å²) in [6, 6.07) is 7.88. The fraction of sp³-hybridized carbons (Fsp3) is 0.0714. The van der Waals surface area contributed by atoms with Crippen LogP contribution in [0, 0.1) is 10.1 Å². The molecule has 0 unspecified atom stereocenters. The Hall–Kier alpha value is -2.80. The molecule has 2 N–H and O–H groups in total. The average molecular weight is 323 g/mol. The SMILES string of the molecule is COc1ccc(Cl)cc1C(=O)Nc1ccc([N+](=O)[O-])cc1O. The molecule has 0 atom stereocenters. The highest BCUT2D eigenvalue weighted by Crippen LogP contribution is 2.29. The predicted octanol–water partition coefficient (Wildman–Crippen LogP) is 3.21. The third kappa shape index (κ3) is 3.26. The van der Waals surface area contributed by atoms with E-state index in [1.807, 2.05) is 0 Å². The monoisotopic (exact) mass is 322 g/mol. The van der Waals surface area contributed by atoms with E-state index in [2.05, 4.69) is 5.32 Å². The van der Waals surface area contributed by atoms with Gasteiger partial charge in [0.15, 0.2) is 0 Å². The van der Waals surface area contributed by atoms with Crippen LogP contribution in [-0.2, 0) is 0 Å². The molecule has 0 bridgehead atoms. The third-order valence-corrected chi connectivity index (χ3v) is 3.08. The van der Waals surface area contributed by atoms with Gasteiger partial charge in [-0.05, 0) is 24.3 Å². The number of nitrogens with zero attached hydrogens (tertiary/aromatic N) is 1. The van der Waals surface area contributed by atoms with Crippen LogP contribution in [0.15, 0.2) is 36.4 Å². The molecule has 7 nitrogen and oxygen atoms in total. The third-order valence-electron chi connectivity index (χ3n) is 2.85. The number of nitrogens with one attached hydrogen (secondary N) is 1. The van der Waals surface area contributed by atoms with Crippen molar-refractivity contribution >= 4 is 28.9 Å². The van der Waals surface area contributed by atoms with Crippen LogP contribution in [0.4, 0.5) is 11.4 Å². The maximum absolute atomic E-state index is 12.2. The number of rotatable bonds is 4. The lowest BCUT2D eigenvalue weighted by atomic mass is 10.1. The van der Waals surface area contributed by atoms with Gasteiger partial charge >= 0.3 is 0 Å². The van der Waals surface area contributed by atoms with Gasteiger partial charge in [-0.25, -0.2) is 0 Å². The van der Waals surface area contributed by atoms with Crippen LogP contribution in [0.25, 0.3) is 0 Å². The minimum absolute atomic E-state index is 0.0395. The van der Waals surface area contributed by atoms with Crippen LogP contribution in [0.5, 0.6) is 11.5 Å². The average Bonchev–Trinajstić information content (AvgIpc) is 2.48. The lowest BCUT2D eigenvalue weighted by Gasteiger charge is -2.10. The molecule has 0 aromatic heterocycles. The minimum atomic E-state index is -0.648. The summed E-state index contributed by atoms with van der Waals surface area (Å²) in [6.45, 7) is 0. The fourth-order valence-electron chi connectivity index (χ4n) is 1.79. The number of carbonyl (C=O) groups is 1. The maximum atomic E-state index is 12.2. The Morgan fingerprint density at radius 3 is 2.64 bits per heavy atom. The molecule has 0 radical (unpaired) electrons. The second kappa shape index (κ2) is 6.31. The van der Waals surface area contributed by atoms with E-state index in [9.17, 15) is 20.0 Å². The van der Waals surface area contributed by atoms with Crippen LogP contribution in [0.1, 0.15) is 10.4 Å². The highest BCUT2D eigenvalue weighted by molar-refractivity contribution is 6.31. The molecule has 0 aliphatic carbocycles. The molecular formula is C14H11ClN2O5. The molecule has 1 amide bonds. The number of hydrogen-bond donors (Lipinski definition) is 2. The van der Waals surface area contributed by atoms with E-state index in [1.54, 1.807) is 6.07 Å². The summed E-state index contributed by atoms with van der Waals surface area (Å²) in [6.07, 6.45) is 0. The van der Waals surface area contributed by atoms with Crippen molar-refractivity contribution in [2.45, 2.75) is 0 Å². The second-order valence-corrected chi connectivity index (χ2v) is 4.69. The van der Waals surface area contributed by atoms with Gasteiger partial charge in [-0.15, -0.1) is 0 Å². The largest absolute Gasteiger partial charge is 0.506 e. The number of phenols is 1. The Bertz CT molecular complexity index is 748. The molecule has 22 heavy (non-hydrogen) atoms. The molecular weight excluding hydrogens is 312 g/mol. The number of nitro groups is 1. The number of phenolic OH excluding ortho intramolecular Hbond substituents is 1. The van der Waals surface area contributed by atoms with Crippen molar-refractivity contribution in [1.29, 1.82) is 0 Å². The highest BCUT2D eigenvalue weighted by atomic mass is 35.5. The topological polar surface area (TPSA) is 102 Å². The number of non-ortho nitro benzene ring substituents is 1. The van der Waals surface area contributed by atoms with Gasteiger partial charge in [-0.1, -0.05) is 11.6 Å². The number of amides is 1. The van der Waals surface area contributed by atoms with Crippen molar-refractivity contribution in [1.82, 2.24) is 0 Å². The minimum Gasteiger partial charge on any atom is -0.506 e. The zero-order chi connectivity index (χ0) is 16.3. The van der Waals surface area contributed by atoms with E-state index in [0.29, 0.717) is 10.8 Å². The Balaban J connectivity index is 2.29. The highest BCUT2D eigenvalue weighted by Gasteiger charge is 2.16. The Kier molecular flexibility index (Phi) is 4.47. The van der Waals surface area contributed by atoms with E-state index in [-0.39, 0.29) is 16.9 Å². The summed E-state index contributed by atoms with van der Waals surface area (Å²) >= 11 is 5.85. The van der Waals surface area contributed by atoms with Gasteiger partial charge in [0.05, 0.1) is 29.4 Å². The molecule has 8 heteroatoms. The number of hydrogen-bond acceptors (Lipinski definition) is 5. The molecule has 0 aliphatic rings. The Labute approximate surface area is 130 Å². The summed E-state index contributed by atoms with van der Waals surface area (Å²) in [5.41, 5.74) is -0.0683. The summed E-state index contributed by atoms with van der Waals surface area (Å²) in [4.78, 5) is 22.2. The zero-order valence-electron chi connectivity index (χ0n) is 11.4. The fourth-order valence-corrected chi connectivity index (χ4v) is 1.96. The standard InChI is InChI=1S/C14H11ClN2O5/c1-22-13-5-2-8(15)6-10(13)14(19)16-11-4-3-9(17(20)21)7-12(11)18/h2-7,18H,1H3,(H,16,19). The molecule has 2 aromatic carbocycles. The summed E-state index contributed by atoms with van der Waals surface area (Å²) in [5, 5.41) is 23.1. The van der Waals surface area contributed by atoms with E-state index < -0.39 is 16.6 Å². The lowest BCUT2D eigenvalue weighted by Crippen LogP contribution is -2.13. The number of anilines is 1. The maximum Gasteiger partial charge on any atom is 0.273 e. The molecule has 2 aromatic rings. The molecule has 114 valence electrons. The second-order valence-electron chi connectivity index (χ2n) is 4.26. The lowest BCUT2D eigenvalue weighted by molar-refractivity contribution is -0.384. The van der Waals surface area contributed by atoms with E-state index in [0.717, 1.165) is 6.07 Å². The molecule has 0 spiro atoms. The van der Waals surface area contributed by atoms with Crippen LogP contribution < -0.4 is 10.1 Å². The van der Waals surface area contributed by atoms with Crippen molar-refractivity contribution in [2.24, 2.45) is 0 Å². The first-order valence-corrected chi connectivity index (χ1v) is 6.42. The summed E-state index contributed by atoms with van der Waals surface area (Å²) in [5.74, 6) is -0.671. The predicted molar refractivity (Wildman–Crippen MR) is 80.7 cm³/mol. The van der Waals surface area contributed by atoms with Crippen molar-refractivity contribution in [3.05, 3.63) is 57.1 Å². The smallest absolute Gasteiger partial charge is 0.273 e. The van der Waals surface area contributed by atoms with Gasteiger partial charge in [0.1, 0.15) is 11.5 Å². The first kappa shape index (κ1) is 15.6. The first-order chi connectivity index (χ1) is 10.4. The van der Waals surface area contributed by atoms with Gasteiger partial charge < -0.3 is 15.2 Å². The van der Waals surface area contributed by atoms with E-state index >= 15 is 0 Å². The number of methoxy groups -OCH3 is 1. The van der Waals surface area contributed by atoms with Crippen LogP contribution in [-0.4, -0.2) is 23.0 Å². The van der Waals surface area contributed by atoms with Crippen molar-refractivity contribution in [3.8, 4) is 11.5 Å². The number of aromatic hydroxyl groups is 1. The first-order valence-electron chi connectivity index (χ1n) is 6.04. The number of nitro benzene ring substituents is 1. The normalized spacial score (nSPS) is 10.1. The van der Waals surface area contributed by atoms with Crippen LogP contribution in [0.2, 0.25) is 5.02 Å². The molecule has 0 heterocycles. The zero-order valence-corrected chi connectivity index (χ0v) is 12.1. The van der Waals surface area contributed by atoms with Gasteiger partial charge in [0.2, 0.25) is 0 Å². The Morgan fingerprint density at radius 1 is 1.32 bits per heavy atom. The van der Waals surface area contributed by atoms with Crippen molar-refractivity contribution in [2.75, 3.05) is 12.4 Å². The summed E-state index contributed by atoms with van der Waals surface area (Å²) in [7, 11) is 1.41. The van der Waals surface area contributed by atoms with Crippen molar-refractivity contribution < 1.29 is 19.6 Å². The van der Waals surface area contributed by atoms with Gasteiger partial charge in [-0.2, -0.15) is 0 Å². The number of ether oxygens (including phenoxy) is 1. The molecule has 0 saturated heterocycles. The van der Waals surface area contributed by atoms with Crippen LogP contribution in [0.3, 0.4) is 0 Å². The number of halogens is 1. The van der Waals surface area contributed by atoms with Crippen molar-refractivity contribution in [3.63, 3.8) is 0 Å².